The van der Waals surface area contributed by atoms with Crippen LogP contribution in [0.15, 0.2) is 0 Å². The number of ether oxygens (including phenoxy) is 3. The zero-order chi connectivity index (χ0) is 32.5. The minimum absolute atomic E-state index is 0.117. The van der Waals surface area contributed by atoms with Crippen LogP contribution < -0.4 is 0 Å². The van der Waals surface area contributed by atoms with E-state index in [2.05, 4.69) is 6.92 Å². The Bertz CT molecular complexity index is 727. The standard InChI is InChI=1S/C33H67N4O6/c1-9-10-11-12-13-14-15-16-17-18-19-20-21-22-23-24-27-41-28-30(43-32(39)35(4)5)29-42-33(40)36(31(38)34(2)3)25-26-37(6,7)8/h30H,9-29H2,1-8H3/q+1. The van der Waals surface area contributed by atoms with E-state index in [1.165, 1.54) is 99.7 Å². The highest BCUT2D eigenvalue weighted by atomic mass is 16.6. The number of unbranched alkanes of at least 4 members (excludes halogenated alkanes) is 15. The number of likely N-dealkylation sites (N-methyl/N-ethyl adjacent to an activating group) is 1. The summed E-state index contributed by atoms with van der Waals surface area (Å²) in [6.45, 7) is 3.52. The molecule has 0 bridgehead atoms. The Labute approximate surface area is 263 Å². The van der Waals surface area contributed by atoms with E-state index in [0.29, 0.717) is 17.6 Å². The van der Waals surface area contributed by atoms with E-state index in [9.17, 15) is 14.4 Å². The molecular weight excluding hydrogens is 548 g/mol. The molecule has 1 unspecified atom stereocenters. The third kappa shape index (κ3) is 24.0. The molecule has 10 heteroatoms. The first-order valence-electron chi connectivity index (χ1n) is 16.8. The molecule has 0 saturated carbocycles. The fraction of sp³-hybridized carbons (Fsp3) is 0.909. The average molecular weight is 616 g/mol. The predicted molar refractivity (Wildman–Crippen MR) is 174 cm³/mol. The predicted octanol–water partition coefficient (Wildman–Crippen LogP) is 7.16. The van der Waals surface area contributed by atoms with Crippen molar-refractivity contribution >= 4 is 18.2 Å². The molecule has 0 N–H and O–H groups in total. The summed E-state index contributed by atoms with van der Waals surface area (Å²) >= 11 is 0. The van der Waals surface area contributed by atoms with Gasteiger partial charge >= 0.3 is 18.2 Å². The largest absolute Gasteiger partial charge is 0.445 e. The van der Waals surface area contributed by atoms with Gasteiger partial charge in [0.1, 0.15) is 6.61 Å². The summed E-state index contributed by atoms with van der Waals surface area (Å²) in [6.07, 6.45) is 18.9. The van der Waals surface area contributed by atoms with Crippen molar-refractivity contribution in [2.75, 3.05) is 82.2 Å². The Hall–Kier alpha value is -2.07. The van der Waals surface area contributed by atoms with Gasteiger partial charge in [0.25, 0.3) is 0 Å². The summed E-state index contributed by atoms with van der Waals surface area (Å²) in [7, 11) is 12.3. The third-order valence-electron chi connectivity index (χ3n) is 7.30. The van der Waals surface area contributed by atoms with Crippen molar-refractivity contribution in [2.24, 2.45) is 0 Å². The first-order chi connectivity index (χ1) is 20.4. The minimum atomic E-state index is -0.769. The van der Waals surface area contributed by atoms with Gasteiger partial charge in [-0.2, -0.15) is 0 Å². The zero-order valence-corrected chi connectivity index (χ0v) is 29.2. The van der Waals surface area contributed by atoms with Gasteiger partial charge in [-0.15, -0.1) is 0 Å². The summed E-state index contributed by atoms with van der Waals surface area (Å²) in [5.74, 6) is 0. The van der Waals surface area contributed by atoms with Gasteiger partial charge in [-0.25, -0.2) is 19.3 Å². The Morgan fingerprint density at radius 1 is 0.628 bits per heavy atom. The van der Waals surface area contributed by atoms with E-state index in [0.717, 1.165) is 17.7 Å². The van der Waals surface area contributed by atoms with Gasteiger partial charge in [-0.1, -0.05) is 103 Å². The minimum Gasteiger partial charge on any atom is -0.445 e. The van der Waals surface area contributed by atoms with E-state index in [4.69, 9.17) is 14.2 Å². The Morgan fingerprint density at radius 2 is 1.09 bits per heavy atom. The van der Waals surface area contributed by atoms with Crippen molar-refractivity contribution in [1.82, 2.24) is 14.7 Å². The van der Waals surface area contributed by atoms with Crippen molar-refractivity contribution in [3.8, 4) is 0 Å². The number of amides is 4. The maximum Gasteiger partial charge on any atom is 0.418 e. The summed E-state index contributed by atoms with van der Waals surface area (Å²) in [5, 5.41) is 0. The van der Waals surface area contributed by atoms with Crippen LogP contribution in [0.5, 0.6) is 0 Å². The second kappa shape index (κ2) is 25.3. The summed E-state index contributed by atoms with van der Waals surface area (Å²) in [4.78, 5) is 41.3. The van der Waals surface area contributed by atoms with Crippen molar-refractivity contribution in [3.63, 3.8) is 0 Å². The number of hydrogen-bond donors (Lipinski definition) is 0. The van der Waals surface area contributed by atoms with Crippen LogP contribution in [-0.4, -0.2) is 126 Å². The Kier molecular flexibility index (Phi) is 24.1. The molecule has 0 aromatic rings. The van der Waals surface area contributed by atoms with E-state index in [-0.39, 0.29) is 19.8 Å². The molecular formula is C33H67N4O6+. The van der Waals surface area contributed by atoms with Crippen LogP contribution in [0.1, 0.15) is 110 Å². The molecule has 0 rings (SSSR count). The molecule has 0 aromatic heterocycles. The van der Waals surface area contributed by atoms with E-state index >= 15 is 0 Å². The summed E-state index contributed by atoms with van der Waals surface area (Å²) < 4.78 is 17.3. The molecule has 1 atom stereocenters. The number of carbonyl (C=O) groups is 3. The molecule has 0 heterocycles. The van der Waals surface area contributed by atoms with Crippen LogP contribution in [0.3, 0.4) is 0 Å². The molecule has 254 valence electrons. The highest BCUT2D eigenvalue weighted by Crippen LogP contribution is 2.14. The molecule has 0 aliphatic rings. The molecule has 0 fully saturated rings. The van der Waals surface area contributed by atoms with Crippen LogP contribution in [0.4, 0.5) is 14.4 Å². The van der Waals surface area contributed by atoms with Crippen molar-refractivity contribution in [2.45, 2.75) is 116 Å². The molecule has 43 heavy (non-hydrogen) atoms. The average Bonchev–Trinajstić information content (AvgIpc) is 2.94. The van der Waals surface area contributed by atoms with Crippen LogP contribution in [0, 0.1) is 0 Å². The van der Waals surface area contributed by atoms with Crippen LogP contribution in [-0.2, 0) is 14.2 Å². The quantitative estimate of drug-likeness (QED) is 0.0800. The third-order valence-corrected chi connectivity index (χ3v) is 7.30. The molecule has 0 aromatic carbocycles. The number of rotatable bonds is 25. The Balaban J connectivity index is 4.26. The topological polar surface area (TPSA) is 88.6 Å². The van der Waals surface area contributed by atoms with Gasteiger partial charge in [0.2, 0.25) is 0 Å². The highest BCUT2D eigenvalue weighted by molar-refractivity contribution is 5.90. The van der Waals surface area contributed by atoms with Crippen molar-refractivity contribution in [3.05, 3.63) is 0 Å². The number of urea groups is 1. The maximum atomic E-state index is 12.8. The van der Waals surface area contributed by atoms with Gasteiger partial charge in [-0.3, -0.25) is 0 Å². The molecule has 0 radical (unpaired) electrons. The van der Waals surface area contributed by atoms with Gasteiger partial charge in [0.15, 0.2) is 6.10 Å². The number of carbonyl (C=O) groups excluding carboxylic acids is 3. The van der Waals surface area contributed by atoms with Gasteiger partial charge < -0.3 is 28.5 Å². The lowest BCUT2D eigenvalue weighted by atomic mass is 10.0. The normalized spacial score (nSPS) is 12.1. The SMILES string of the molecule is CCCCCCCCCCCCCCCCCCOCC(COC(=O)N(CC[N+](C)(C)C)C(=O)N(C)C)OC(=O)N(C)C. The maximum absolute atomic E-state index is 12.8. The number of hydrogen-bond acceptors (Lipinski definition) is 6. The first kappa shape index (κ1) is 40.9. The number of nitrogens with zero attached hydrogens (tertiary/aromatic N) is 4. The zero-order valence-electron chi connectivity index (χ0n) is 29.2. The van der Waals surface area contributed by atoms with Crippen molar-refractivity contribution in [1.29, 1.82) is 0 Å². The number of quaternary nitrogens is 1. The van der Waals surface area contributed by atoms with Gasteiger partial charge in [0, 0.05) is 34.8 Å². The van der Waals surface area contributed by atoms with E-state index in [1.807, 2.05) is 21.1 Å². The highest BCUT2D eigenvalue weighted by Gasteiger charge is 2.28. The van der Waals surface area contributed by atoms with Crippen molar-refractivity contribution < 1.29 is 33.1 Å². The first-order valence-corrected chi connectivity index (χ1v) is 16.8. The second-order valence-corrected chi connectivity index (χ2v) is 13.2. The van der Waals surface area contributed by atoms with Gasteiger partial charge in [0.05, 0.1) is 40.8 Å². The lowest BCUT2D eigenvalue weighted by Crippen LogP contribution is -2.50. The lowest BCUT2D eigenvalue weighted by molar-refractivity contribution is -0.869. The van der Waals surface area contributed by atoms with Gasteiger partial charge in [-0.05, 0) is 6.42 Å². The molecule has 10 nitrogen and oxygen atoms in total. The smallest absolute Gasteiger partial charge is 0.418 e. The summed E-state index contributed by atoms with van der Waals surface area (Å²) in [5.41, 5.74) is 0. The van der Waals surface area contributed by atoms with Crippen LogP contribution in [0.2, 0.25) is 0 Å². The number of imide groups is 1. The summed E-state index contributed by atoms with van der Waals surface area (Å²) in [6, 6.07) is -0.458. The van der Waals surface area contributed by atoms with Crippen LogP contribution in [0.25, 0.3) is 0 Å². The second-order valence-electron chi connectivity index (χ2n) is 13.2. The fourth-order valence-electron chi connectivity index (χ4n) is 4.48. The van der Waals surface area contributed by atoms with Crippen LogP contribution >= 0.6 is 0 Å². The molecule has 0 aliphatic heterocycles. The van der Waals surface area contributed by atoms with E-state index < -0.39 is 24.3 Å². The lowest BCUT2D eigenvalue weighted by Gasteiger charge is -2.29. The molecule has 0 spiro atoms. The molecule has 0 saturated heterocycles. The monoisotopic (exact) mass is 616 g/mol. The molecule has 0 aliphatic carbocycles. The Morgan fingerprint density at radius 3 is 1.51 bits per heavy atom. The molecule has 4 amide bonds. The fourth-order valence-corrected chi connectivity index (χ4v) is 4.48. The van der Waals surface area contributed by atoms with E-state index in [1.54, 1.807) is 28.2 Å².